The van der Waals surface area contributed by atoms with Crippen molar-refractivity contribution in [3.8, 4) is 0 Å². The first-order chi connectivity index (χ1) is 14.9. The topological polar surface area (TPSA) is 87.7 Å². The first-order valence-electron chi connectivity index (χ1n) is 10.6. The first-order valence-corrected chi connectivity index (χ1v) is 12.1. The van der Waals surface area contributed by atoms with Gasteiger partial charge in [-0.05, 0) is 44.0 Å². The summed E-state index contributed by atoms with van der Waals surface area (Å²) in [4.78, 5) is 15.3. The summed E-state index contributed by atoms with van der Waals surface area (Å²) in [5.41, 5.74) is 1.86. The van der Waals surface area contributed by atoms with Gasteiger partial charge in [0.25, 0.3) is 0 Å². The number of aryl methyl sites for hydroxylation is 1. The Morgan fingerprint density at radius 3 is 2.42 bits per heavy atom. The highest BCUT2D eigenvalue weighted by Crippen LogP contribution is 2.12. The summed E-state index contributed by atoms with van der Waals surface area (Å²) in [6.45, 7) is 6.56. The molecule has 2 aromatic carbocycles. The Morgan fingerprint density at radius 2 is 1.74 bits per heavy atom. The maximum atomic E-state index is 12.9. The Hall–Kier alpha value is -2.26. The molecule has 1 heterocycles. The summed E-state index contributed by atoms with van der Waals surface area (Å²) < 4.78 is 33.7. The van der Waals surface area contributed by atoms with Crippen LogP contribution in [0, 0.1) is 6.92 Å². The Kier molecular flexibility index (Phi) is 8.60. The van der Waals surface area contributed by atoms with Crippen LogP contribution in [0.4, 0.5) is 0 Å². The second-order valence-electron chi connectivity index (χ2n) is 7.78. The molecule has 1 aliphatic heterocycles. The lowest BCUT2D eigenvalue weighted by Crippen LogP contribution is -2.48. The van der Waals surface area contributed by atoms with Crippen LogP contribution in [0.2, 0.25) is 0 Å². The molecule has 3 rings (SSSR count). The van der Waals surface area contributed by atoms with Gasteiger partial charge in [-0.1, -0.05) is 48.0 Å². The number of ether oxygens (including phenoxy) is 1. The number of hydrogen-bond acceptors (Lipinski definition) is 5. The molecule has 2 N–H and O–H groups in total. The number of sulfonamides is 1. The van der Waals surface area contributed by atoms with E-state index in [0.717, 1.165) is 50.4 Å². The van der Waals surface area contributed by atoms with Gasteiger partial charge in [0.15, 0.2) is 0 Å². The normalized spacial score (nSPS) is 16.0. The largest absolute Gasteiger partial charge is 0.379 e. The van der Waals surface area contributed by atoms with E-state index in [1.807, 2.05) is 37.3 Å². The second-order valence-corrected chi connectivity index (χ2v) is 9.49. The van der Waals surface area contributed by atoms with Gasteiger partial charge in [-0.15, -0.1) is 0 Å². The minimum Gasteiger partial charge on any atom is -0.379 e. The molecular formula is C23H31N3O4S. The maximum absolute atomic E-state index is 12.9. The van der Waals surface area contributed by atoms with Crippen LogP contribution in [-0.4, -0.2) is 64.7 Å². The molecule has 0 saturated carbocycles. The molecule has 8 heteroatoms. The van der Waals surface area contributed by atoms with Gasteiger partial charge in [-0.3, -0.25) is 9.69 Å². The Labute approximate surface area is 184 Å². The molecule has 0 aromatic heterocycles. The fourth-order valence-electron chi connectivity index (χ4n) is 3.47. The minimum absolute atomic E-state index is 0.149. The first kappa shape index (κ1) is 23.4. The number of nitrogens with zero attached hydrogens (tertiary/aromatic N) is 1. The van der Waals surface area contributed by atoms with Gasteiger partial charge >= 0.3 is 0 Å². The number of carbonyl (C=O) groups is 1. The molecule has 1 fully saturated rings. The van der Waals surface area contributed by atoms with Crippen molar-refractivity contribution in [2.45, 2.75) is 30.7 Å². The summed E-state index contributed by atoms with van der Waals surface area (Å²) >= 11 is 0. The van der Waals surface area contributed by atoms with E-state index in [0.29, 0.717) is 6.54 Å². The molecule has 0 radical (unpaired) electrons. The molecule has 1 saturated heterocycles. The number of amides is 1. The molecule has 1 amide bonds. The van der Waals surface area contributed by atoms with Crippen molar-refractivity contribution in [2.75, 3.05) is 39.4 Å². The molecule has 1 aliphatic rings. The van der Waals surface area contributed by atoms with Crippen LogP contribution in [-0.2, 0) is 26.0 Å². The number of rotatable bonds is 10. The number of morpholine rings is 1. The average Bonchev–Trinajstić information content (AvgIpc) is 2.78. The second kappa shape index (κ2) is 11.4. The zero-order valence-electron chi connectivity index (χ0n) is 17.9. The number of hydrogen-bond donors (Lipinski definition) is 2. The lowest BCUT2D eigenvalue weighted by atomic mass is 10.1. The van der Waals surface area contributed by atoms with Gasteiger partial charge in [0, 0.05) is 19.6 Å². The van der Waals surface area contributed by atoms with Gasteiger partial charge < -0.3 is 10.1 Å². The fourth-order valence-corrected chi connectivity index (χ4v) is 4.67. The summed E-state index contributed by atoms with van der Waals surface area (Å²) in [7, 11) is -3.82. The van der Waals surface area contributed by atoms with Crippen molar-refractivity contribution in [3.63, 3.8) is 0 Å². The smallest absolute Gasteiger partial charge is 0.241 e. The molecule has 7 nitrogen and oxygen atoms in total. The summed E-state index contributed by atoms with van der Waals surface area (Å²) in [6, 6.07) is 15.1. The lowest BCUT2D eigenvalue weighted by Gasteiger charge is -2.26. The van der Waals surface area contributed by atoms with Crippen molar-refractivity contribution < 1.29 is 17.9 Å². The third-order valence-electron chi connectivity index (χ3n) is 5.28. The highest BCUT2D eigenvalue weighted by Gasteiger charge is 2.26. The predicted octanol–water partition coefficient (Wildman–Crippen LogP) is 1.72. The molecule has 1 atom stereocenters. The predicted molar refractivity (Wildman–Crippen MR) is 120 cm³/mol. The van der Waals surface area contributed by atoms with E-state index in [1.165, 1.54) is 0 Å². The summed E-state index contributed by atoms with van der Waals surface area (Å²) in [5.74, 6) is -0.318. The van der Waals surface area contributed by atoms with E-state index in [4.69, 9.17) is 4.74 Å². The summed E-state index contributed by atoms with van der Waals surface area (Å²) in [6.07, 6.45) is 1.08. The maximum Gasteiger partial charge on any atom is 0.241 e. The van der Waals surface area contributed by atoms with Crippen molar-refractivity contribution in [1.29, 1.82) is 0 Å². The van der Waals surface area contributed by atoms with Crippen LogP contribution in [0.5, 0.6) is 0 Å². The van der Waals surface area contributed by atoms with Crippen LogP contribution in [0.25, 0.3) is 0 Å². The van der Waals surface area contributed by atoms with E-state index in [2.05, 4.69) is 14.9 Å². The van der Waals surface area contributed by atoms with Crippen LogP contribution in [0.15, 0.2) is 59.5 Å². The van der Waals surface area contributed by atoms with Crippen LogP contribution >= 0.6 is 0 Å². The zero-order valence-corrected chi connectivity index (χ0v) is 18.7. The Morgan fingerprint density at radius 1 is 1.06 bits per heavy atom. The number of carbonyl (C=O) groups excluding carboxylic acids is 1. The molecule has 0 aliphatic carbocycles. The molecule has 0 unspecified atom stereocenters. The van der Waals surface area contributed by atoms with Crippen molar-refractivity contribution in [1.82, 2.24) is 14.9 Å². The quantitative estimate of drug-likeness (QED) is 0.544. The lowest BCUT2D eigenvalue weighted by molar-refractivity contribution is -0.122. The van der Waals surface area contributed by atoms with Crippen LogP contribution in [0.3, 0.4) is 0 Å². The standard InChI is InChI=1S/C23H31N3O4S/c1-19-8-10-21(11-9-19)31(28,29)25-22(18-20-6-3-2-4-7-20)23(27)24-12-5-13-26-14-16-30-17-15-26/h2-4,6-11,22,25H,5,12-18H2,1H3,(H,24,27)/t22-/m0/s1. The van der Waals surface area contributed by atoms with Crippen molar-refractivity contribution in [2.24, 2.45) is 0 Å². The van der Waals surface area contributed by atoms with Gasteiger partial charge in [0.1, 0.15) is 6.04 Å². The number of benzene rings is 2. The third kappa shape index (κ3) is 7.43. The third-order valence-corrected chi connectivity index (χ3v) is 6.77. The van der Waals surface area contributed by atoms with Crippen LogP contribution < -0.4 is 10.0 Å². The average molecular weight is 446 g/mol. The molecule has 168 valence electrons. The monoisotopic (exact) mass is 445 g/mol. The van der Waals surface area contributed by atoms with E-state index in [1.54, 1.807) is 24.3 Å². The van der Waals surface area contributed by atoms with E-state index in [9.17, 15) is 13.2 Å². The molecule has 0 spiro atoms. The van der Waals surface area contributed by atoms with Gasteiger partial charge in [0.05, 0.1) is 18.1 Å². The molecule has 0 bridgehead atoms. The Balaban J connectivity index is 1.62. The molecular weight excluding hydrogens is 414 g/mol. The van der Waals surface area contributed by atoms with E-state index in [-0.39, 0.29) is 17.2 Å². The highest BCUT2D eigenvalue weighted by molar-refractivity contribution is 7.89. The highest BCUT2D eigenvalue weighted by atomic mass is 32.2. The molecule has 31 heavy (non-hydrogen) atoms. The SMILES string of the molecule is Cc1ccc(S(=O)(=O)N[C@@H](Cc2ccccc2)C(=O)NCCCN2CCOCC2)cc1. The fraction of sp³-hybridized carbons (Fsp3) is 0.435. The van der Waals surface area contributed by atoms with Gasteiger partial charge in [-0.2, -0.15) is 4.72 Å². The van der Waals surface area contributed by atoms with Crippen LogP contribution in [0.1, 0.15) is 17.5 Å². The minimum atomic E-state index is -3.82. The summed E-state index contributed by atoms with van der Waals surface area (Å²) in [5, 5.41) is 2.90. The van der Waals surface area contributed by atoms with Crippen molar-refractivity contribution >= 4 is 15.9 Å². The van der Waals surface area contributed by atoms with Gasteiger partial charge in [-0.25, -0.2) is 8.42 Å². The Bertz CT molecular complexity index is 927. The molecule has 2 aromatic rings. The number of nitrogens with one attached hydrogen (secondary N) is 2. The van der Waals surface area contributed by atoms with Crippen molar-refractivity contribution in [3.05, 3.63) is 65.7 Å². The van der Waals surface area contributed by atoms with E-state index >= 15 is 0 Å². The zero-order chi connectivity index (χ0) is 22.1. The van der Waals surface area contributed by atoms with Gasteiger partial charge in [0.2, 0.25) is 15.9 Å². The van der Waals surface area contributed by atoms with E-state index < -0.39 is 16.1 Å².